The summed E-state index contributed by atoms with van der Waals surface area (Å²) in [7, 11) is 0. The monoisotopic (exact) mass is 963 g/mol. The van der Waals surface area contributed by atoms with Gasteiger partial charge in [0.05, 0.1) is 26.4 Å². The Labute approximate surface area is 408 Å². The van der Waals surface area contributed by atoms with Crippen LogP contribution in [0.15, 0.2) is 85.1 Å². The summed E-state index contributed by atoms with van der Waals surface area (Å²) in [5.74, 6) is -0.409. The summed E-state index contributed by atoms with van der Waals surface area (Å²) in [6, 6.07) is 0. The molecule has 2 saturated heterocycles. The molecule has 2 fully saturated rings. The van der Waals surface area contributed by atoms with Crippen molar-refractivity contribution in [3.8, 4) is 0 Å². The fourth-order valence-corrected chi connectivity index (χ4v) is 7.46. The molecule has 0 saturated carbocycles. The second-order valence-electron chi connectivity index (χ2n) is 17.6. The molecular weight excluding hydrogens is 873 g/mol. The van der Waals surface area contributed by atoms with Crippen LogP contribution in [0.4, 0.5) is 0 Å². The van der Waals surface area contributed by atoms with Crippen LogP contribution in [0.5, 0.6) is 0 Å². The summed E-state index contributed by atoms with van der Waals surface area (Å²) in [6.45, 7) is 3.40. The van der Waals surface area contributed by atoms with Crippen molar-refractivity contribution in [3.05, 3.63) is 85.1 Å². The molecule has 0 amide bonds. The maximum absolute atomic E-state index is 13.0. The molecule has 11 unspecified atom stereocenters. The molecular formula is C54H90O14. The highest BCUT2D eigenvalue weighted by molar-refractivity contribution is 5.69. The van der Waals surface area contributed by atoms with Crippen LogP contribution in [0, 0.1) is 0 Å². The Hall–Kier alpha value is -2.83. The molecule has 0 bridgehead atoms. The van der Waals surface area contributed by atoms with Crippen molar-refractivity contribution >= 4 is 5.97 Å². The highest BCUT2D eigenvalue weighted by Crippen LogP contribution is 2.26. The van der Waals surface area contributed by atoms with Crippen LogP contribution in [-0.4, -0.2) is 142 Å². The van der Waals surface area contributed by atoms with E-state index >= 15 is 0 Å². The summed E-state index contributed by atoms with van der Waals surface area (Å²) in [4.78, 5) is 13.0. The van der Waals surface area contributed by atoms with Gasteiger partial charge in [-0.3, -0.25) is 4.79 Å². The topological polar surface area (TPSA) is 214 Å². The van der Waals surface area contributed by atoms with Gasteiger partial charge in [-0.1, -0.05) is 137 Å². The molecule has 0 spiro atoms. The number of unbranched alkanes of at least 4 members (excludes halogenated alkanes) is 11. The number of hydrogen-bond donors (Lipinski definition) is 7. The van der Waals surface area contributed by atoms with Gasteiger partial charge in [0.2, 0.25) is 0 Å². The van der Waals surface area contributed by atoms with Crippen LogP contribution in [0.25, 0.3) is 0 Å². The van der Waals surface area contributed by atoms with Crippen molar-refractivity contribution in [3.63, 3.8) is 0 Å². The third-order valence-corrected chi connectivity index (χ3v) is 11.6. The van der Waals surface area contributed by atoms with Crippen LogP contribution >= 0.6 is 0 Å². The Morgan fingerprint density at radius 3 is 1.50 bits per heavy atom. The standard InChI is InChI=1S/C54H90O14/c1-3-5-7-9-11-13-15-17-19-21-22-24-26-28-30-32-34-36-38-63-40-43(66-46(56)37-35-33-31-29-27-25-23-20-18-16-14-12-10-8-6-4-2)41-64-53-52(62)50(60)48(58)45(68-53)42-65-54-51(61)49(59)47(57)44(39-55)67-54/h5,7,11,13-14,16-17,19-20,22-24,28,30,43-45,47-55,57-62H,3-4,6,8-10,12,15,18,21,25-27,29,31-42H2,1-2H3/b7-5-,13-11-,16-14-,19-17-,23-20-,24-22-,30-28-. The summed E-state index contributed by atoms with van der Waals surface area (Å²) >= 11 is 0. The molecule has 2 rings (SSSR count). The minimum atomic E-state index is -1.72. The van der Waals surface area contributed by atoms with Crippen LogP contribution in [0.1, 0.15) is 149 Å². The number of hydrogen-bond acceptors (Lipinski definition) is 14. The molecule has 0 aromatic rings. The molecule has 2 aliphatic heterocycles. The van der Waals surface area contributed by atoms with Crippen molar-refractivity contribution in [2.24, 2.45) is 0 Å². The molecule has 0 aromatic heterocycles. The number of rotatable bonds is 39. The molecule has 2 aliphatic rings. The van der Waals surface area contributed by atoms with E-state index < -0.39 is 86.7 Å². The van der Waals surface area contributed by atoms with E-state index in [-0.39, 0.29) is 19.6 Å². The minimum absolute atomic E-state index is 0.0212. The smallest absolute Gasteiger partial charge is 0.306 e. The molecule has 390 valence electrons. The third-order valence-electron chi connectivity index (χ3n) is 11.6. The Morgan fingerprint density at radius 2 is 0.956 bits per heavy atom. The Bertz CT molecular complexity index is 1440. The fraction of sp³-hybridized carbons (Fsp3) is 0.722. The Kier molecular flexibility index (Phi) is 36.8. The molecule has 11 atom stereocenters. The summed E-state index contributed by atoms with van der Waals surface area (Å²) < 4.78 is 34.2. The van der Waals surface area contributed by atoms with Crippen molar-refractivity contribution in [1.29, 1.82) is 0 Å². The van der Waals surface area contributed by atoms with E-state index in [0.717, 1.165) is 96.3 Å². The first-order valence-electron chi connectivity index (χ1n) is 25.7. The van der Waals surface area contributed by atoms with Gasteiger partial charge < -0.3 is 64.2 Å². The summed E-state index contributed by atoms with van der Waals surface area (Å²) in [6.07, 6.45) is 35.0. The van der Waals surface area contributed by atoms with Gasteiger partial charge in [0, 0.05) is 13.0 Å². The number of carbonyl (C=O) groups is 1. The molecule has 14 heteroatoms. The van der Waals surface area contributed by atoms with Gasteiger partial charge in [0.1, 0.15) is 54.9 Å². The predicted molar refractivity (Wildman–Crippen MR) is 265 cm³/mol. The lowest BCUT2D eigenvalue weighted by molar-refractivity contribution is -0.332. The van der Waals surface area contributed by atoms with E-state index in [2.05, 4.69) is 98.9 Å². The van der Waals surface area contributed by atoms with Gasteiger partial charge in [0.25, 0.3) is 0 Å². The highest BCUT2D eigenvalue weighted by atomic mass is 16.7. The van der Waals surface area contributed by atoms with Gasteiger partial charge in [-0.25, -0.2) is 0 Å². The Morgan fingerprint density at radius 1 is 0.500 bits per heavy atom. The van der Waals surface area contributed by atoms with Crippen molar-refractivity contribution in [1.82, 2.24) is 0 Å². The van der Waals surface area contributed by atoms with E-state index in [1.807, 2.05) is 0 Å². The number of aliphatic hydroxyl groups is 7. The number of carbonyl (C=O) groups excluding carboxylic acids is 1. The second kappa shape index (κ2) is 40.9. The lowest BCUT2D eigenvalue weighted by Gasteiger charge is -2.42. The molecule has 2 heterocycles. The van der Waals surface area contributed by atoms with E-state index in [0.29, 0.717) is 13.0 Å². The second-order valence-corrected chi connectivity index (χ2v) is 17.6. The van der Waals surface area contributed by atoms with Crippen LogP contribution in [-0.2, 0) is 33.2 Å². The number of ether oxygens (including phenoxy) is 6. The van der Waals surface area contributed by atoms with Gasteiger partial charge in [-0.2, -0.15) is 0 Å². The number of allylic oxidation sites excluding steroid dienone is 14. The summed E-state index contributed by atoms with van der Waals surface area (Å²) in [5.41, 5.74) is 0. The quantitative estimate of drug-likeness (QED) is 0.0179. The van der Waals surface area contributed by atoms with Gasteiger partial charge in [-0.05, 0) is 89.9 Å². The van der Waals surface area contributed by atoms with Crippen LogP contribution < -0.4 is 0 Å². The minimum Gasteiger partial charge on any atom is -0.457 e. The van der Waals surface area contributed by atoms with Crippen LogP contribution in [0.3, 0.4) is 0 Å². The first-order chi connectivity index (χ1) is 33.1. The lowest BCUT2D eigenvalue weighted by atomic mass is 9.98. The zero-order valence-corrected chi connectivity index (χ0v) is 41.3. The first-order valence-corrected chi connectivity index (χ1v) is 25.7. The first kappa shape index (κ1) is 61.3. The highest BCUT2D eigenvalue weighted by Gasteiger charge is 2.47. The van der Waals surface area contributed by atoms with Crippen LogP contribution in [0.2, 0.25) is 0 Å². The molecule has 0 radical (unpaired) electrons. The number of aliphatic hydroxyl groups excluding tert-OH is 7. The average molecular weight is 963 g/mol. The maximum Gasteiger partial charge on any atom is 0.306 e. The van der Waals surface area contributed by atoms with E-state index in [9.17, 15) is 40.5 Å². The molecule has 0 aliphatic carbocycles. The normalized spacial score (nSPS) is 26.6. The van der Waals surface area contributed by atoms with Gasteiger partial charge >= 0.3 is 5.97 Å². The van der Waals surface area contributed by atoms with E-state index in [1.165, 1.54) is 25.7 Å². The largest absolute Gasteiger partial charge is 0.457 e. The van der Waals surface area contributed by atoms with Gasteiger partial charge in [0.15, 0.2) is 12.6 Å². The molecule has 0 aromatic carbocycles. The zero-order chi connectivity index (χ0) is 49.5. The lowest BCUT2D eigenvalue weighted by Crippen LogP contribution is -2.61. The van der Waals surface area contributed by atoms with Crippen molar-refractivity contribution in [2.45, 2.75) is 216 Å². The predicted octanol–water partition coefficient (Wildman–Crippen LogP) is 7.68. The van der Waals surface area contributed by atoms with Gasteiger partial charge in [-0.15, -0.1) is 0 Å². The Balaban J connectivity index is 1.81. The third kappa shape index (κ3) is 28.1. The molecule has 68 heavy (non-hydrogen) atoms. The maximum atomic E-state index is 13.0. The molecule has 14 nitrogen and oxygen atoms in total. The number of esters is 1. The van der Waals surface area contributed by atoms with Crippen molar-refractivity contribution < 1.29 is 69.0 Å². The summed E-state index contributed by atoms with van der Waals surface area (Å²) in [5, 5.41) is 72.1. The molecule has 7 N–H and O–H groups in total. The SMILES string of the molecule is CC/C=C\C/C=C\C/C=C\C/C=C\C/C=C\CCCCOCC(COC1OC(COC2OC(CO)C(O)C(O)C2O)C(O)C(O)C1O)OC(=O)CCCCCCC/C=C\C/C=C\CCCCCC. The zero-order valence-electron chi connectivity index (χ0n) is 41.3. The van der Waals surface area contributed by atoms with Crippen molar-refractivity contribution in [2.75, 3.05) is 33.0 Å². The average Bonchev–Trinajstić information content (AvgIpc) is 3.33. The van der Waals surface area contributed by atoms with E-state index in [4.69, 9.17) is 28.4 Å². The fourth-order valence-electron chi connectivity index (χ4n) is 7.46. The van der Waals surface area contributed by atoms with E-state index in [1.54, 1.807) is 0 Å².